The highest BCUT2D eigenvalue weighted by Crippen LogP contribution is 2.66. The van der Waals surface area contributed by atoms with Crippen LogP contribution in [-0.4, -0.2) is 17.8 Å². The van der Waals surface area contributed by atoms with Crippen LogP contribution in [0.25, 0.3) is 32.0 Å². The van der Waals surface area contributed by atoms with Crippen LogP contribution in [0.4, 0.5) is 26.3 Å². The van der Waals surface area contributed by atoms with Gasteiger partial charge >= 0.3 is 17.8 Å². The maximum absolute atomic E-state index is 15.4. The zero-order valence-electron chi connectivity index (χ0n) is 19.1. The normalized spacial score (nSPS) is 18.0. The summed E-state index contributed by atoms with van der Waals surface area (Å²) in [5, 5.41) is 0.632. The van der Waals surface area contributed by atoms with Crippen LogP contribution in [0.2, 0.25) is 10.0 Å². The monoisotopic (exact) mass is 588 g/mol. The van der Waals surface area contributed by atoms with Gasteiger partial charge in [-0.15, -0.1) is 22.7 Å². The first-order valence-corrected chi connectivity index (χ1v) is 13.3. The van der Waals surface area contributed by atoms with Crippen molar-refractivity contribution in [2.45, 2.75) is 31.6 Å². The lowest BCUT2D eigenvalue weighted by atomic mass is 9.94. The molecule has 0 amide bonds. The molecule has 10 heteroatoms. The molecule has 0 bridgehead atoms. The van der Waals surface area contributed by atoms with Gasteiger partial charge in [-0.3, -0.25) is 0 Å². The van der Waals surface area contributed by atoms with Gasteiger partial charge in [-0.2, -0.15) is 26.3 Å². The minimum atomic E-state index is -5.64. The molecule has 0 N–H and O–H groups in total. The molecule has 37 heavy (non-hydrogen) atoms. The fourth-order valence-corrected chi connectivity index (χ4v) is 7.20. The fraction of sp³-hybridized carbons (Fsp3) is 0.185. The molecule has 0 nitrogen and oxygen atoms in total. The smallest absolute Gasteiger partial charge is 0.194 e. The number of alkyl halides is 6. The van der Waals surface area contributed by atoms with Gasteiger partial charge in [-0.05, 0) is 49.2 Å². The molecule has 0 spiro atoms. The van der Waals surface area contributed by atoms with E-state index < -0.39 is 28.9 Å². The second-order valence-electron chi connectivity index (χ2n) is 8.59. The number of hydrogen-bond acceptors (Lipinski definition) is 2. The molecule has 0 saturated heterocycles. The van der Waals surface area contributed by atoms with Gasteiger partial charge in [0.1, 0.15) is 0 Å². The van der Waals surface area contributed by atoms with Gasteiger partial charge < -0.3 is 0 Å². The second kappa shape index (κ2) is 8.90. The van der Waals surface area contributed by atoms with E-state index in [-0.39, 0.29) is 20.9 Å². The molecule has 5 rings (SSSR count). The Morgan fingerprint density at radius 2 is 0.919 bits per heavy atom. The molecule has 0 atom stereocenters. The number of allylic oxidation sites excluding steroid dienone is 2. The highest BCUT2D eigenvalue weighted by Gasteiger charge is 2.80. The number of benzene rings is 2. The Kier molecular flexibility index (Phi) is 6.34. The molecule has 4 aromatic rings. The van der Waals surface area contributed by atoms with Crippen LogP contribution in [0.1, 0.15) is 20.9 Å². The van der Waals surface area contributed by atoms with E-state index in [9.17, 15) is 8.78 Å². The summed E-state index contributed by atoms with van der Waals surface area (Å²) in [7, 11) is 0. The Balaban J connectivity index is 1.80. The van der Waals surface area contributed by atoms with Gasteiger partial charge in [0.2, 0.25) is 0 Å². The van der Waals surface area contributed by atoms with E-state index >= 15 is 17.6 Å². The summed E-state index contributed by atoms with van der Waals surface area (Å²) < 4.78 is 91.2. The van der Waals surface area contributed by atoms with Gasteiger partial charge in [-0.1, -0.05) is 59.6 Å². The topological polar surface area (TPSA) is 0 Å². The van der Waals surface area contributed by atoms with E-state index in [1.165, 1.54) is 26.0 Å². The molecule has 2 aromatic heterocycles. The maximum Gasteiger partial charge on any atom is 0.380 e. The van der Waals surface area contributed by atoms with Gasteiger partial charge in [0, 0.05) is 51.8 Å². The minimum absolute atomic E-state index is 0.190. The molecule has 0 aliphatic heterocycles. The van der Waals surface area contributed by atoms with Crippen molar-refractivity contribution in [2.24, 2.45) is 0 Å². The quantitative estimate of drug-likeness (QED) is 0.208. The van der Waals surface area contributed by atoms with Crippen molar-refractivity contribution in [3.63, 3.8) is 0 Å². The van der Waals surface area contributed by atoms with Crippen LogP contribution in [-0.2, 0) is 0 Å². The van der Waals surface area contributed by atoms with Gasteiger partial charge in [0.05, 0.1) is 0 Å². The second-order valence-corrected chi connectivity index (χ2v) is 11.9. The third-order valence-corrected chi connectivity index (χ3v) is 9.15. The summed E-state index contributed by atoms with van der Waals surface area (Å²) in [5.74, 6) is -15.9. The number of aryl methyl sites for hydroxylation is 2. The molecule has 0 saturated carbocycles. The zero-order valence-corrected chi connectivity index (χ0v) is 22.3. The van der Waals surface area contributed by atoms with Crippen molar-refractivity contribution in [3.05, 3.63) is 91.6 Å². The Hall–Kier alpha value is -2.26. The summed E-state index contributed by atoms with van der Waals surface area (Å²) in [5.41, 5.74) is -2.50. The Morgan fingerprint density at radius 3 is 1.27 bits per heavy atom. The summed E-state index contributed by atoms with van der Waals surface area (Å²) in [6.07, 6.45) is 0. The van der Waals surface area contributed by atoms with Crippen molar-refractivity contribution in [1.82, 2.24) is 0 Å². The third kappa shape index (κ3) is 3.87. The van der Waals surface area contributed by atoms with Gasteiger partial charge in [0.25, 0.3) is 0 Å². The molecule has 0 unspecified atom stereocenters. The van der Waals surface area contributed by atoms with Crippen molar-refractivity contribution in [1.29, 1.82) is 0 Å². The lowest BCUT2D eigenvalue weighted by Crippen LogP contribution is -2.48. The van der Waals surface area contributed by atoms with E-state index in [1.807, 2.05) is 0 Å². The van der Waals surface area contributed by atoms with E-state index in [1.54, 1.807) is 48.5 Å². The summed E-state index contributed by atoms with van der Waals surface area (Å²) in [6.45, 7) is 2.87. The molecule has 0 radical (unpaired) electrons. The van der Waals surface area contributed by atoms with Gasteiger partial charge in [-0.25, -0.2) is 0 Å². The lowest BCUT2D eigenvalue weighted by Gasteiger charge is -2.25. The minimum Gasteiger partial charge on any atom is -0.194 e. The van der Waals surface area contributed by atoms with Crippen LogP contribution in [0.5, 0.6) is 0 Å². The molecule has 2 aromatic carbocycles. The van der Waals surface area contributed by atoms with E-state index in [2.05, 4.69) is 0 Å². The molecular formula is C27H16Cl2F6S2. The molecular weight excluding hydrogens is 573 g/mol. The van der Waals surface area contributed by atoms with Crippen molar-refractivity contribution >= 4 is 57.0 Å². The van der Waals surface area contributed by atoms with Crippen molar-refractivity contribution in [2.75, 3.05) is 0 Å². The van der Waals surface area contributed by atoms with Gasteiger partial charge in [0.15, 0.2) is 0 Å². The van der Waals surface area contributed by atoms with Crippen LogP contribution in [0.3, 0.4) is 0 Å². The predicted octanol–water partition coefficient (Wildman–Crippen LogP) is 10.9. The molecule has 1 aliphatic rings. The number of halogens is 8. The van der Waals surface area contributed by atoms with Crippen LogP contribution < -0.4 is 0 Å². The van der Waals surface area contributed by atoms with Crippen molar-refractivity contribution < 1.29 is 26.3 Å². The summed E-state index contributed by atoms with van der Waals surface area (Å²) in [6, 6.07) is 15.6. The molecule has 0 fully saturated rings. The summed E-state index contributed by atoms with van der Waals surface area (Å²) >= 11 is 14.5. The average Bonchev–Trinajstić information content (AvgIpc) is 3.41. The van der Waals surface area contributed by atoms with Crippen LogP contribution in [0, 0.1) is 13.8 Å². The Labute approximate surface area is 226 Å². The highest BCUT2D eigenvalue weighted by atomic mass is 35.5. The predicted molar refractivity (Wildman–Crippen MR) is 141 cm³/mol. The van der Waals surface area contributed by atoms with Crippen molar-refractivity contribution in [3.8, 4) is 20.9 Å². The highest BCUT2D eigenvalue weighted by molar-refractivity contribution is 7.16. The first-order valence-electron chi connectivity index (χ1n) is 10.9. The van der Waals surface area contributed by atoms with Crippen LogP contribution in [0.15, 0.2) is 60.7 Å². The number of rotatable bonds is 4. The zero-order chi connectivity index (χ0) is 26.9. The molecule has 1 aliphatic carbocycles. The number of thiophene rings is 2. The largest absolute Gasteiger partial charge is 0.380 e. The molecule has 2 heterocycles. The average molecular weight is 589 g/mol. The number of hydrogen-bond donors (Lipinski definition) is 0. The van der Waals surface area contributed by atoms with E-state index in [0.29, 0.717) is 30.9 Å². The van der Waals surface area contributed by atoms with E-state index in [0.717, 1.165) is 22.7 Å². The third-order valence-electron chi connectivity index (χ3n) is 6.32. The van der Waals surface area contributed by atoms with Crippen LogP contribution >= 0.6 is 45.9 Å². The van der Waals surface area contributed by atoms with E-state index in [4.69, 9.17) is 23.2 Å². The Morgan fingerprint density at radius 1 is 0.568 bits per heavy atom. The Bertz CT molecular complexity index is 1450. The lowest BCUT2D eigenvalue weighted by molar-refractivity contribution is -0.254. The molecule has 192 valence electrons. The standard InChI is InChI=1S/C27H16Cl2F6S2/c1-13-17(11-21(36-13)15-7-3-5-9-19(15)28)23-24(26(32,33)27(34,35)25(23,30)31)18-12-22(37-14(18)2)16-8-4-6-10-20(16)29/h3-12H,1-2H3. The summed E-state index contributed by atoms with van der Waals surface area (Å²) in [4.78, 5) is 1.18. The fourth-order valence-electron chi connectivity index (χ4n) is 4.48. The SMILES string of the molecule is Cc1sc(-c2ccccc2Cl)cc1C1=C(c2cc(-c3ccccc3Cl)sc2C)C(F)(F)C(F)(F)C1(F)F. The first-order chi connectivity index (χ1) is 17.3. The maximum atomic E-state index is 15.4. The first kappa shape index (κ1) is 26.4.